The number of rotatable bonds is 6. The van der Waals surface area contributed by atoms with Crippen LogP contribution in [0.3, 0.4) is 0 Å². The second kappa shape index (κ2) is 9.11. The molecule has 0 spiro atoms. The van der Waals surface area contributed by atoms with Gasteiger partial charge in [0.25, 0.3) is 0 Å². The molecule has 0 radical (unpaired) electrons. The molecule has 2 N–H and O–H groups in total. The molecule has 0 saturated heterocycles. The zero-order chi connectivity index (χ0) is 20.9. The fraction of sp³-hybridized carbons (Fsp3) is 0.136. The maximum atomic E-state index is 6.22. The Kier molecular flexibility index (Phi) is 6.11. The van der Waals surface area contributed by atoms with Gasteiger partial charge in [0.15, 0.2) is 10.9 Å². The van der Waals surface area contributed by atoms with Crippen LogP contribution in [0.5, 0.6) is 0 Å². The van der Waals surface area contributed by atoms with E-state index in [9.17, 15) is 0 Å². The third-order valence-electron chi connectivity index (χ3n) is 4.53. The molecule has 2 heterocycles. The molecule has 2 aromatic heterocycles. The Labute approximate surface area is 185 Å². The van der Waals surface area contributed by atoms with E-state index in [1.165, 1.54) is 11.1 Å². The van der Waals surface area contributed by atoms with E-state index in [0.717, 1.165) is 16.3 Å². The van der Waals surface area contributed by atoms with Gasteiger partial charge < -0.3 is 10.6 Å². The van der Waals surface area contributed by atoms with E-state index < -0.39 is 0 Å². The van der Waals surface area contributed by atoms with E-state index >= 15 is 0 Å². The molecule has 0 fully saturated rings. The molecular formula is C22H21ClN6S. The maximum Gasteiger partial charge on any atom is 0.176 e. The third-order valence-corrected chi connectivity index (χ3v) is 5.10. The molecule has 0 atom stereocenters. The minimum atomic E-state index is 0.452. The normalized spacial score (nSPS) is 10.7. The van der Waals surface area contributed by atoms with Crippen LogP contribution in [0.15, 0.2) is 73.2 Å². The van der Waals surface area contributed by atoms with Gasteiger partial charge in [-0.3, -0.25) is 9.36 Å². The van der Waals surface area contributed by atoms with Crippen molar-refractivity contribution in [3.05, 3.63) is 94.9 Å². The van der Waals surface area contributed by atoms with Crippen LogP contribution in [0.1, 0.15) is 16.7 Å². The molecule has 0 aliphatic rings. The number of aryl methyl sites for hydroxylation is 1. The lowest BCUT2D eigenvalue weighted by molar-refractivity contribution is 0.687. The van der Waals surface area contributed by atoms with E-state index in [-0.39, 0.29) is 0 Å². The van der Waals surface area contributed by atoms with Gasteiger partial charge in [-0.15, -0.1) is 0 Å². The minimum Gasteiger partial charge on any atom is -0.330 e. The van der Waals surface area contributed by atoms with E-state index in [1.54, 1.807) is 6.20 Å². The molecule has 8 heteroatoms. The molecule has 0 saturated carbocycles. The van der Waals surface area contributed by atoms with Crippen molar-refractivity contribution in [3.8, 4) is 0 Å². The topological polar surface area (TPSA) is 59.7 Å². The number of hydrogen-bond acceptors (Lipinski definition) is 3. The van der Waals surface area contributed by atoms with Crippen LogP contribution in [0, 0.1) is 6.92 Å². The fourth-order valence-corrected chi connectivity index (χ4v) is 3.41. The molecule has 4 aromatic rings. The Bertz CT molecular complexity index is 1150. The summed E-state index contributed by atoms with van der Waals surface area (Å²) in [6, 6.07) is 18.0. The van der Waals surface area contributed by atoms with Gasteiger partial charge in [0.05, 0.1) is 25.0 Å². The molecule has 0 aliphatic heterocycles. The highest BCUT2D eigenvalue weighted by atomic mass is 35.5. The first-order valence-electron chi connectivity index (χ1n) is 9.48. The Balaban J connectivity index is 1.32. The summed E-state index contributed by atoms with van der Waals surface area (Å²) in [5, 5.41) is 16.3. The Morgan fingerprint density at radius 1 is 1.00 bits per heavy atom. The van der Waals surface area contributed by atoms with Crippen molar-refractivity contribution in [2.45, 2.75) is 20.0 Å². The SMILES string of the molecule is Cc1ccc(Cn2cc(NC(=S)Nc3ccn(Cc4ccccc4Cl)n3)cn2)cc1. The van der Waals surface area contributed by atoms with Gasteiger partial charge in [-0.25, -0.2) is 0 Å². The van der Waals surface area contributed by atoms with Crippen molar-refractivity contribution < 1.29 is 0 Å². The highest BCUT2D eigenvalue weighted by Crippen LogP contribution is 2.16. The first kappa shape index (κ1) is 20.1. The number of anilines is 2. The molecule has 4 rings (SSSR count). The average molecular weight is 437 g/mol. The van der Waals surface area contributed by atoms with Crippen LogP contribution in [0.2, 0.25) is 5.02 Å². The van der Waals surface area contributed by atoms with Crippen LogP contribution in [0.25, 0.3) is 0 Å². The number of thiocarbonyl (C=S) groups is 1. The summed E-state index contributed by atoms with van der Waals surface area (Å²) in [5.74, 6) is 0.659. The Morgan fingerprint density at radius 2 is 1.80 bits per heavy atom. The Hall–Kier alpha value is -3.16. The van der Waals surface area contributed by atoms with Gasteiger partial charge in [0.2, 0.25) is 0 Å². The second-order valence-electron chi connectivity index (χ2n) is 6.98. The monoisotopic (exact) mass is 436 g/mol. The fourth-order valence-electron chi connectivity index (χ4n) is 2.99. The van der Waals surface area contributed by atoms with Crippen LogP contribution < -0.4 is 10.6 Å². The van der Waals surface area contributed by atoms with E-state index in [0.29, 0.717) is 24.0 Å². The van der Waals surface area contributed by atoms with Crippen LogP contribution in [0.4, 0.5) is 11.5 Å². The summed E-state index contributed by atoms with van der Waals surface area (Å²) >= 11 is 11.6. The predicted octanol–water partition coefficient (Wildman–Crippen LogP) is 4.95. The summed E-state index contributed by atoms with van der Waals surface area (Å²) in [6.07, 6.45) is 5.55. The van der Waals surface area contributed by atoms with E-state index in [2.05, 4.69) is 52.0 Å². The highest BCUT2D eigenvalue weighted by molar-refractivity contribution is 7.80. The first-order valence-corrected chi connectivity index (χ1v) is 10.3. The van der Waals surface area contributed by atoms with Gasteiger partial charge in [-0.1, -0.05) is 59.6 Å². The standard InChI is InChI=1S/C22H21ClN6S/c1-16-6-8-17(9-7-16)13-29-15-19(12-24-29)25-22(30)26-21-10-11-28(27-21)14-18-4-2-3-5-20(18)23/h2-12,15H,13-14H2,1H3,(H2,25,26,27,30). The summed E-state index contributed by atoms with van der Waals surface area (Å²) in [5.41, 5.74) is 4.26. The predicted molar refractivity (Wildman–Crippen MR) is 125 cm³/mol. The highest BCUT2D eigenvalue weighted by Gasteiger charge is 2.06. The summed E-state index contributed by atoms with van der Waals surface area (Å²) in [4.78, 5) is 0. The number of nitrogens with zero attached hydrogens (tertiary/aromatic N) is 4. The molecule has 0 amide bonds. The maximum absolute atomic E-state index is 6.22. The average Bonchev–Trinajstić information content (AvgIpc) is 3.35. The lowest BCUT2D eigenvalue weighted by atomic mass is 10.1. The Morgan fingerprint density at radius 3 is 2.60 bits per heavy atom. The van der Waals surface area contributed by atoms with Crippen LogP contribution >= 0.6 is 23.8 Å². The van der Waals surface area contributed by atoms with E-state index in [4.69, 9.17) is 23.8 Å². The molecule has 6 nitrogen and oxygen atoms in total. The second-order valence-corrected chi connectivity index (χ2v) is 7.80. The van der Waals surface area contributed by atoms with Crippen molar-refractivity contribution in [1.29, 1.82) is 0 Å². The zero-order valence-corrected chi connectivity index (χ0v) is 18.0. The van der Waals surface area contributed by atoms with Crippen molar-refractivity contribution in [1.82, 2.24) is 19.6 Å². The molecule has 0 unspecified atom stereocenters. The quantitative estimate of drug-likeness (QED) is 0.419. The van der Waals surface area contributed by atoms with Gasteiger partial charge in [-0.2, -0.15) is 10.2 Å². The summed E-state index contributed by atoms with van der Waals surface area (Å²) in [7, 11) is 0. The number of hydrogen-bond donors (Lipinski definition) is 2. The largest absolute Gasteiger partial charge is 0.330 e. The van der Waals surface area contributed by atoms with Gasteiger partial charge in [0, 0.05) is 23.5 Å². The van der Waals surface area contributed by atoms with Crippen molar-refractivity contribution >= 4 is 40.4 Å². The summed E-state index contributed by atoms with van der Waals surface area (Å²) in [6.45, 7) is 3.37. The van der Waals surface area contributed by atoms with Crippen molar-refractivity contribution in [2.75, 3.05) is 10.6 Å². The van der Waals surface area contributed by atoms with Crippen LogP contribution in [-0.4, -0.2) is 24.7 Å². The number of halogens is 1. The molecule has 0 bridgehead atoms. The molecule has 152 valence electrons. The van der Waals surface area contributed by atoms with E-state index in [1.807, 2.05) is 52.1 Å². The molecular weight excluding hydrogens is 416 g/mol. The zero-order valence-electron chi connectivity index (χ0n) is 16.4. The smallest absolute Gasteiger partial charge is 0.176 e. The van der Waals surface area contributed by atoms with Crippen molar-refractivity contribution in [3.63, 3.8) is 0 Å². The number of nitrogens with one attached hydrogen (secondary N) is 2. The van der Waals surface area contributed by atoms with Crippen LogP contribution in [-0.2, 0) is 13.1 Å². The van der Waals surface area contributed by atoms with Gasteiger partial charge >= 0.3 is 0 Å². The third kappa shape index (κ3) is 5.25. The molecule has 30 heavy (non-hydrogen) atoms. The first-order chi connectivity index (χ1) is 14.5. The molecule has 2 aromatic carbocycles. The minimum absolute atomic E-state index is 0.452. The van der Waals surface area contributed by atoms with Crippen molar-refractivity contribution in [2.24, 2.45) is 0 Å². The summed E-state index contributed by atoms with van der Waals surface area (Å²) < 4.78 is 3.68. The van der Waals surface area contributed by atoms with Gasteiger partial charge in [-0.05, 0) is 36.3 Å². The molecule has 0 aliphatic carbocycles. The number of benzene rings is 2. The lowest BCUT2D eigenvalue weighted by Crippen LogP contribution is -2.19. The lowest BCUT2D eigenvalue weighted by Gasteiger charge is -2.07. The van der Waals surface area contributed by atoms with Gasteiger partial charge in [0.1, 0.15) is 0 Å². The number of aromatic nitrogens is 4.